The monoisotopic (exact) mass is 417 g/mol. The van der Waals surface area contributed by atoms with Gasteiger partial charge in [-0.05, 0) is 62.7 Å². The van der Waals surface area contributed by atoms with Crippen LogP contribution in [0, 0.1) is 11.3 Å². The van der Waals surface area contributed by atoms with Gasteiger partial charge in [0, 0.05) is 17.5 Å². The molecule has 1 N–H and O–H groups in total. The van der Waals surface area contributed by atoms with Gasteiger partial charge in [-0.15, -0.1) is 11.3 Å². The highest BCUT2D eigenvalue weighted by Crippen LogP contribution is 2.28. The molecule has 8 heteroatoms. The van der Waals surface area contributed by atoms with E-state index >= 15 is 0 Å². The lowest BCUT2D eigenvalue weighted by Crippen LogP contribution is -2.29. The topological polar surface area (TPSA) is 90.3 Å². The van der Waals surface area contributed by atoms with Crippen LogP contribution in [0.5, 0.6) is 0 Å². The minimum Gasteiger partial charge on any atom is -0.306 e. The summed E-state index contributed by atoms with van der Waals surface area (Å²) in [5, 5.41) is 10.4. The van der Waals surface area contributed by atoms with Crippen molar-refractivity contribution in [3.63, 3.8) is 0 Å². The number of Topliss-reactive ketones (excluding diaryl/α,β-unsaturated/α-hetero) is 1. The molecule has 0 bridgehead atoms. The number of benzene rings is 1. The molecule has 28 heavy (non-hydrogen) atoms. The fourth-order valence-corrected chi connectivity index (χ4v) is 5.14. The quantitative estimate of drug-likeness (QED) is 0.697. The molecule has 0 amide bonds. The van der Waals surface area contributed by atoms with Crippen LogP contribution in [-0.2, 0) is 10.0 Å². The first-order chi connectivity index (χ1) is 13.4. The normalized spacial score (nSPS) is 15.9. The maximum atomic E-state index is 12.3. The predicted molar refractivity (Wildman–Crippen MR) is 111 cm³/mol. The van der Waals surface area contributed by atoms with Crippen molar-refractivity contribution in [3.8, 4) is 6.07 Å². The van der Waals surface area contributed by atoms with E-state index in [1.54, 1.807) is 17.5 Å². The van der Waals surface area contributed by atoms with Crippen LogP contribution in [0.1, 0.15) is 46.0 Å². The second-order valence-electron chi connectivity index (χ2n) is 7.11. The Kier molecular flexibility index (Phi) is 6.50. The lowest BCUT2D eigenvalue weighted by Gasteiger charge is -2.29. The van der Waals surface area contributed by atoms with Crippen molar-refractivity contribution in [2.75, 3.05) is 30.6 Å². The molecule has 148 valence electrons. The van der Waals surface area contributed by atoms with Gasteiger partial charge >= 0.3 is 0 Å². The molecule has 2 heterocycles. The summed E-state index contributed by atoms with van der Waals surface area (Å²) in [5.74, 6) is -0.0411. The summed E-state index contributed by atoms with van der Waals surface area (Å²) in [5.41, 5.74) is 2.16. The van der Waals surface area contributed by atoms with E-state index in [-0.39, 0.29) is 18.0 Å². The number of carbonyl (C=O) groups excluding carboxylic acids is 1. The Morgan fingerprint density at radius 1 is 1.29 bits per heavy atom. The van der Waals surface area contributed by atoms with Crippen LogP contribution >= 0.6 is 11.3 Å². The number of ketones is 1. The molecule has 0 unspecified atom stereocenters. The van der Waals surface area contributed by atoms with Crippen LogP contribution in [0.25, 0.3) is 0 Å². The zero-order valence-electron chi connectivity index (χ0n) is 15.7. The third kappa shape index (κ3) is 5.41. The van der Waals surface area contributed by atoms with Gasteiger partial charge in [-0.1, -0.05) is 12.1 Å². The number of anilines is 1. The third-order valence-electron chi connectivity index (χ3n) is 4.98. The number of thiophene rings is 1. The molecule has 0 spiro atoms. The van der Waals surface area contributed by atoms with E-state index in [0.29, 0.717) is 22.0 Å². The molecule has 0 saturated carbocycles. The third-order valence-corrected chi connectivity index (χ3v) is 7.23. The van der Waals surface area contributed by atoms with Crippen molar-refractivity contribution in [2.45, 2.75) is 25.2 Å². The van der Waals surface area contributed by atoms with Crippen LogP contribution < -0.4 is 4.72 Å². The molecule has 2 aromatic rings. The fourth-order valence-electron chi connectivity index (χ4n) is 3.29. The van der Waals surface area contributed by atoms with Crippen molar-refractivity contribution in [1.82, 2.24) is 4.90 Å². The maximum Gasteiger partial charge on any atom is 0.233 e. The Morgan fingerprint density at radius 3 is 2.57 bits per heavy atom. The van der Waals surface area contributed by atoms with Crippen LogP contribution in [0.2, 0.25) is 0 Å². The van der Waals surface area contributed by atoms with Gasteiger partial charge in [0.2, 0.25) is 10.0 Å². The molecule has 1 saturated heterocycles. The molecular formula is C20H23N3O3S2. The average molecular weight is 418 g/mol. The Hall–Kier alpha value is -2.21. The van der Waals surface area contributed by atoms with E-state index in [0.717, 1.165) is 37.3 Å². The van der Waals surface area contributed by atoms with Crippen LogP contribution in [0.15, 0.2) is 35.7 Å². The van der Waals surface area contributed by atoms with E-state index in [2.05, 4.69) is 16.7 Å². The minimum absolute atomic E-state index is 0.117. The van der Waals surface area contributed by atoms with Crippen molar-refractivity contribution >= 4 is 32.8 Å². The molecule has 0 radical (unpaired) electrons. The Balaban J connectivity index is 1.55. The van der Waals surface area contributed by atoms with Gasteiger partial charge in [0.15, 0.2) is 5.78 Å². The SMILES string of the molecule is CN1CCC(c2ccc(NS(=O)(=O)CCC(=O)c3cc(C#N)cs3)cc2)CC1. The average Bonchev–Trinajstić information content (AvgIpc) is 3.17. The highest BCUT2D eigenvalue weighted by Gasteiger charge is 2.19. The Labute approximate surface area is 169 Å². The van der Waals surface area contributed by atoms with Gasteiger partial charge in [0.05, 0.1) is 16.2 Å². The van der Waals surface area contributed by atoms with Gasteiger partial charge in [0.1, 0.15) is 6.07 Å². The predicted octanol–water partition coefficient (Wildman–Crippen LogP) is 3.44. The first-order valence-corrected chi connectivity index (χ1v) is 11.7. The number of piperidine rings is 1. The number of sulfonamides is 1. The van der Waals surface area contributed by atoms with Crippen molar-refractivity contribution < 1.29 is 13.2 Å². The second-order valence-corrected chi connectivity index (χ2v) is 9.86. The van der Waals surface area contributed by atoms with E-state index < -0.39 is 10.0 Å². The van der Waals surface area contributed by atoms with Crippen molar-refractivity contribution in [3.05, 3.63) is 51.7 Å². The fraction of sp³-hybridized carbons (Fsp3) is 0.400. The second kappa shape index (κ2) is 8.86. The lowest BCUT2D eigenvalue weighted by atomic mass is 9.89. The number of nitriles is 1. The molecule has 6 nitrogen and oxygen atoms in total. The van der Waals surface area contributed by atoms with E-state index in [1.165, 1.54) is 11.6 Å². The molecule has 1 aromatic heterocycles. The van der Waals surface area contributed by atoms with Gasteiger partial charge < -0.3 is 4.90 Å². The van der Waals surface area contributed by atoms with Crippen molar-refractivity contribution in [2.24, 2.45) is 0 Å². The lowest BCUT2D eigenvalue weighted by molar-refractivity contribution is 0.0992. The first-order valence-electron chi connectivity index (χ1n) is 9.17. The molecule has 1 fully saturated rings. The molecular weight excluding hydrogens is 394 g/mol. The first kappa shape index (κ1) is 20.5. The molecule has 1 aliphatic rings. The highest BCUT2D eigenvalue weighted by molar-refractivity contribution is 7.92. The standard InChI is InChI=1S/C20H23N3O3S2/c1-23-9-6-17(7-10-23)16-2-4-18(5-3-16)22-28(25,26)11-8-19(24)20-12-15(13-21)14-27-20/h2-5,12,14,17,22H,6-11H2,1H3. The number of hydrogen-bond donors (Lipinski definition) is 1. The minimum atomic E-state index is -3.62. The number of carbonyl (C=O) groups is 1. The summed E-state index contributed by atoms with van der Waals surface area (Å²) >= 11 is 1.16. The Bertz CT molecular complexity index is 967. The summed E-state index contributed by atoms with van der Waals surface area (Å²) in [6.07, 6.45) is 2.11. The van der Waals surface area contributed by atoms with E-state index in [1.807, 2.05) is 18.2 Å². The largest absolute Gasteiger partial charge is 0.306 e. The van der Waals surface area contributed by atoms with Gasteiger partial charge in [-0.3, -0.25) is 9.52 Å². The smallest absolute Gasteiger partial charge is 0.233 e. The molecule has 3 rings (SSSR count). The van der Waals surface area contributed by atoms with Gasteiger partial charge in [0.25, 0.3) is 0 Å². The number of nitrogens with one attached hydrogen (secondary N) is 1. The van der Waals surface area contributed by atoms with Gasteiger partial charge in [-0.25, -0.2) is 8.42 Å². The van der Waals surface area contributed by atoms with Gasteiger partial charge in [-0.2, -0.15) is 5.26 Å². The van der Waals surface area contributed by atoms with Crippen molar-refractivity contribution in [1.29, 1.82) is 5.26 Å². The molecule has 1 aromatic carbocycles. The summed E-state index contributed by atoms with van der Waals surface area (Å²) in [7, 11) is -1.49. The number of likely N-dealkylation sites (tertiary alicyclic amines) is 1. The zero-order valence-corrected chi connectivity index (χ0v) is 17.4. The van der Waals surface area contributed by atoms with Crippen LogP contribution in [-0.4, -0.2) is 45.0 Å². The van der Waals surface area contributed by atoms with Crippen LogP contribution in [0.3, 0.4) is 0 Å². The summed E-state index contributed by atoms with van der Waals surface area (Å²) in [6.45, 7) is 2.15. The molecule has 1 aliphatic heterocycles. The summed E-state index contributed by atoms with van der Waals surface area (Å²) in [6, 6.07) is 11.0. The molecule has 0 aliphatic carbocycles. The Morgan fingerprint density at radius 2 is 1.96 bits per heavy atom. The van der Waals surface area contributed by atoms with Crippen LogP contribution in [0.4, 0.5) is 5.69 Å². The maximum absolute atomic E-state index is 12.3. The number of rotatable bonds is 7. The van der Waals surface area contributed by atoms with E-state index in [4.69, 9.17) is 5.26 Å². The van der Waals surface area contributed by atoms with E-state index in [9.17, 15) is 13.2 Å². The number of hydrogen-bond acceptors (Lipinski definition) is 6. The summed E-state index contributed by atoms with van der Waals surface area (Å²) < 4.78 is 27.1. The highest BCUT2D eigenvalue weighted by atomic mass is 32.2. The summed E-state index contributed by atoms with van der Waals surface area (Å²) in [4.78, 5) is 14.8. The zero-order chi connectivity index (χ0) is 20.1. The molecule has 0 atom stereocenters. The number of nitrogens with zero attached hydrogens (tertiary/aromatic N) is 2.